The van der Waals surface area contributed by atoms with Crippen molar-refractivity contribution in [3.63, 3.8) is 0 Å². The van der Waals surface area contributed by atoms with Crippen molar-refractivity contribution >= 4 is 6.09 Å². The highest BCUT2D eigenvalue weighted by atomic mass is 19.1. The quantitative estimate of drug-likeness (QED) is 0.867. The van der Waals surface area contributed by atoms with Gasteiger partial charge in [0.1, 0.15) is 18.4 Å². The van der Waals surface area contributed by atoms with Crippen LogP contribution in [0, 0.1) is 0 Å². The Hall–Kier alpha value is -2.47. The molecule has 0 aliphatic rings. The van der Waals surface area contributed by atoms with E-state index >= 15 is 0 Å². The highest BCUT2D eigenvalue weighted by Gasteiger charge is 2.25. The second kappa shape index (κ2) is 8.07. The molecule has 0 fully saturated rings. The number of amides is 1. The van der Waals surface area contributed by atoms with Crippen molar-refractivity contribution in [3.05, 3.63) is 54.4 Å². The predicted octanol–water partition coefficient (Wildman–Crippen LogP) is 3.64. The zero-order valence-corrected chi connectivity index (χ0v) is 14.6. The lowest BCUT2D eigenvalue weighted by atomic mass is 9.99. The molecule has 1 amide bonds. The number of aliphatic hydroxyl groups excluding tert-OH is 1. The maximum Gasteiger partial charge on any atom is 0.408 e. The van der Waals surface area contributed by atoms with Gasteiger partial charge in [-0.1, -0.05) is 30.3 Å². The van der Waals surface area contributed by atoms with Crippen LogP contribution in [0.4, 0.5) is 9.18 Å². The summed E-state index contributed by atoms with van der Waals surface area (Å²) in [5, 5.41) is 12.7. The second-order valence-corrected chi connectivity index (χ2v) is 6.72. The van der Waals surface area contributed by atoms with Gasteiger partial charge in [-0.2, -0.15) is 0 Å². The smallest absolute Gasteiger partial charge is 0.408 e. The summed E-state index contributed by atoms with van der Waals surface area (Å²) < 4.78 is 18.4. The number of aliphatic hydroxyl groups is 1. The average molecular weight is 346 g/mol. The summed E-state index contributed by atoms with van der Waals surface area (Å²) in [5.74, 6) is 0. The molecule has 0 bridgehead atoms. The van der Waals surface area contributed by atoms with Crippen LogP contribution in [0.5, 0.6) is 0 Å². The first-order chi connectivity index (χ1) is 11.8. The molecule has 2 aromatic rings. The summed E-state index contributed by atoms with van der Waals surface area (Å²) in [4.78, 5) is 15.8. The molecule has 25 heavy (non-hydrogen) atoms. The lowest BCUT2D eigenvalue weighted by molar-refractivity contribution is 0.0396. The van der Waals surface area contributed by atoms with Crippen LogP contribution in [-0.2, 0) is 4.74 Å². The molecule has 1 heterocycles. The van der Waals surface area contributed by atoms with E-state index in [2.05, 4.69) is 10.3 Å². The number of benzene rings is 1. The highest BCUT2D eigenvalue weighted by Crippen LogP contribution is 2.23. The fourth-order valence-corrected chi connectivity index (χ4v) is 2.30. The van der Waals surface area contributed by atoms with Crippen molar-refractivity contribution in [2.75, 3.05) is 6.67 Å². The van der Waals surface area contributed by atoms with E-state index in [1.54, 1.807) is 45.3 Å². The Bertz CT molecular complexity index is 684. The van der Waals surface area contributed by atoms with Gasteiger partial charge in [-0.05, 0) is 43.5 Å². The van der Waals surface area contributed by atoms with Crippen molar-refractivity contribution in [2.24, 2.45) is 0 Å². The zero-order chi connectivity index (χ0) is 18.4. The minimum atomic E-state index is -1.18. The van der Waals surface area contributed by atoms with E-state index in [4.69, 9.17) is 4.74 Å². The third-order valence-electron chi connectivity index (χ3n) is 3.50. The summed E-state index contributed by atoms with van der Waals surface area (Å²) >= 11 is 0. The minimum Gasteiger partial charge on any atom is -0.444 e. The number of carbonyl (C=O) groups excluding carboxylic acids is 1. The Morgan fingerprint density at radius 1 is 1.24 bits per heavy atom. The van der Waals surface area contributed by atoms with Crippen molar-refractivity contribution in [3.8, 4) is 11.1 Å². The van der Waals surface area contributed by atoms with Crippen LogP contribution in [0.2, 0.25) is 0 Å². The van der Waals surface area contributed by atoms with E-state index in [9.17, 15) is 14.3 Å². The van der Waals surface area contributed by atoms with Gasteiger partial charge in [0.25, 0.3) is 0 Å². The van der Waals surface area contributed by atoms with E-state index in [-0.39, 0.29) is 0 Å². The van der Waals surface area contributed by atoms with Crippen molar-refractivity contribution in [1.29, 1.82) is 0 Å². The molecule has 0 spiro atoms. The molecular formula is C19H23FN2O3. The molecule has 5 nitrogen and oxygen atoms in total. The SMILES string of the molecule is CC(C)(C)OC(=O)N[C@H](CF)[C@H](O)c1ccc(-c2cccnc2)cc1. The second-order valence-electron chi connectivity index (χ2n) is 6.72. The van der Waals surface area contributed by atoms with Crippen LogP contribution in [0.1, 0.15) is 32.4 Å². The molecule has 6 heteroatoms. The van der Waals surface area contributed by atoms with Crippen LogP contribution in [-0.4, -0.2) is 34.5 Å². The van der Waals surface area contributed by atoms with Crippen LogP contribution in [0.25, 0.3) is 11.1 Å². The van der Waals surface area contributed by atoms with Gasteiger partial charge in [-0.25, -0.2) is 9.18 Å². The summed E-state index contributed by atoms with van der Waals surface area (Å²) in [5.41, 5.74) is 1.69. The maximum atomic E-state index is 13.3. The van der Waals surface area contributed by atoms with E-state index in [0.717, 1.165) is 11.1 Å². The molecule has 2 atom stereocenters. The van der Waals surface area contributed by atoms with Crippen LogP contribution in [0.15, 0.2) is 48.8 Å². The van der Waals surface area contributed by atoms with Gasteiger partial charge < -0.3 is 15.2 Å². The van der Waals surface area contributed by atoms with Gasteiger partial charge in [-0.15, -0.1) is 0 Å². The first-order valence-electron chi connectivity index (χ1n) is 8.04. The largest absolute Gasteiger partial charge is 0.444 e. The van der Waals surface area contributed by atoms with Gasteiger partial charge >= 0.3 is 6.09 Å². The molecule has 2 N–H and O–H groups in total. The molecular weight excluding hydrogens is 323 g/mol. The number of rotatable bonds is 5. The lowest BCUT2D eigenvalue weighted by Gasteiger charge is -2.25. The van der Waals surface area contributed by atoms with Crippen LogP contribution < -0.4 is 5.32 Å². The van der Waals surface area contributed by atoms with Gasteiger partial charge in [0.05, 0.1) is 6.04 Å². The number of pyridine rings is 1. The van der Waals surface area contributed by atoms with E-state index in [0.29, 0.717) is 5.56 Å². The molecule has 1 aromatic carbocycles. The Morgan fingerprint density at radius 3 is 2.44 bits per heavy atom. The normalized spacial score (nSPS) is 13.8. The molecule has 0 aliphatic carbocycles. The molecule has 134 valence electrons. The summed E-state index contributed by atoms with van der Waals surface area (Å²) in [6.45, 7) is 4.23. The Labute approximate surface area is 146 Å². The Kier molecular flexibility index (Phi) is 6.09. The molecule has 0 saturated heterocycles. The molecule has 0 radical (unpaired) electrons. The number of hydrogen-bond acceptors (Lipinski definition) is 4. The number of nitrogens with one attached hydrogen (secondary N) is 1. The zero-order valence-electron chi connectivity index (χ0n) is 14.6. The number of nitrogens with zero attached hydrogens (tertiary/aromatic N) is 1. The van der Waals surface area contributed by atoms with Gasteiger partial charge in [0.2, 0.25) is 0 Å². The van der Waals surface area contributed by atoms with Gasteiger partial charge in [0.15, 0.2) is 0 Å². The number of halogens is 1. The first kappa shape index (κ1) is 18.9. The first-order valence-corrected chi connectivity index (χ1v) is 8.04. The Balaban J connectivity index is 2.07. The number of alkyl carbamates (subject to hydrolysis) is 1. The highest BCUT2D eigenvalue weighted by molar-refractivity contribution is 5.68. The van der Waals surface area contributed by atoms with Crippen LogP contribution in [0.3, 0.4) is 0 Å². The maximum absolute atomic E-state index is 13.3. The third-order valence-corrected chi connectivity index (χ3v) is 3.50. The average Bonchev–Trinajstić information content (AvgIpc) is 2.58. The molecule has 0 saturated carbocycles. The van der Waals surface area contributed by atoms with E-state index < -0.39 is 30.5 Å². The molecule has 0 aliphatic heterocycles. The lowest BCUT2D eigenvalue weighted by Crippen LogP contribution is -2.43. The number of aromatic nitrogens is 1. The monoisotopic (exact) mass is 346 g/mol. The van der Waals surface area contributed by atoms with Gasteiger partial charge in [0, 0.05) is 12.4 Å². The summed E-state index contributed by atoms with van der Waals surface area (Å²) in [7, 11) is 0. The standard InChI is InChI=1S/C19H23FN2O3/c1-19(2,3)25-18(24)22-16(11-20)17(23)14-8-6-13(7-9-14)15-5-4-10-21-12-15/h4-10,12,16-17,23H,11H2,1-3H3,(H,22,24)/t16-,17-/m1/s1. The fraction of sp³-hybridized carbons (Fsp3) is 0.368. The minimum absolute atomic E-state index is 0.506. The number of carbonyl (C=O) groups is 1. The van der Waals surface area contributed by atoms with Crippen molar-refractivity contribution < 1.29 is 19.0 Å². The number of ether oxygens (including phenoxy) is 1. The van der Waals surface area contributed by atoms with Crippen molar-refractivity contribution in [1.82, 2.24) is 10.3 Å². The topological polar surface area (TPSA) is 71.5 Å². The number of hydrogen-bond donors (Lipinski definition) is 2. The van der Waals surface area contributed by atoms with E-state index in [1.807, 2.05) is 24.3 Å². The molecule has 2 rings (SSSR count). The summed E-state index contributed by atoms with van der Waals surface area (Å²) in [6.07, 6.45) is 1.48. The Morgan fingerprint density at radius 2 is 1.92 bits per heavy atom. The van der Waals surface area contributed by atoms with Gasteiger partial charge in [-0.3, -0.25) is 4.98 Å². The number of alkyl halides is 1. The molecule has 0 unspecified atom stereocenters. The van der Waals surface area contributed by atoms with Crippen molar-refractivity contribution in [2.45, 2.75) is 38.5 Å². The molecule has 1 aromatic heterocycles. The van der Waals surface area contributed by atoms with E-state index in [1.165, 1.54) is 0 Å². The third kappa shape index (κ3) is 5.53. The fourth-order valence-electron chi connectivity index (χ4n) is 2.30. The van der Waals surface area contributed by atoms with Crippen LogP contribution >= 0.6 is 0 Å². The summed E-state index contributed by atoms with van der Waals surface area (Å²) in [6, 6.07) is 9.71. The predicted molar refractivity (Wildman–Crippen MR) is 93.8 cm³/mol.